The van der Waals surface area contributed by atoms with Crippen LogP contribution in [0.3, 0.4) is 0 Å². The van der Waals surface area contributed by atoms with E-state index in [1.54, 1.807) is 6.92 Å². The van der Waals surface area contributed by atoms with E-state index in [4.69, 9.17) is 16.7 Å². The molecule has 9 heteroatoms. The van der Waals surface area contributed by atoms with Gasteiger partial charge in [0.2, 0.25) is 0 Å². The fourth-order valence-electron chi connectivity index (χ4n) is 1.70. The third-order valence-corrected chi connectivity index (χ3v) is 2.92. The summed E-state index contributed by atoms with van der Waals surface area (Å²) in [5.41, 5.74) is -0.186. The number of carbonyl (C=O) groups is 1. The summed E-state index contributed by atoms with van der Waals surface area (Å²) in [7, 11) is 0. The number of halogens is 3. The summed E-state index contributed by atoms with van der Waals surface area (Å²) in [6, 6.07) is 1.07. The second-order valence-corrected chi connectivity index (χ2v) is 4.55. The van der Waals surface area contributed by atoms with E-state index < -0.39 is 23.6 Å². The lowest BCUT2D eigenvalue weighted by molar-refractivity contribution is -0.137. The summed E-state index contributed by atoms with van der Waals surface area (Å²) < 4.78 is 28.4. The number of carboxylic acid groups (broad SMARTS) is 1. The molecule has 0 aliphatic rings. The third-order valence-electron chi connectivity index (χ3n) is 2.63. The number of aliphatic carboxylic acids is 1. The maximum Gasteiger partial charge on any atom is 0.305 e. The number of rotatable bonds is 4. The molecule has 0 aliphatic heterocycles. The molecule has 1 heterocycles. The molecule has 0 saturated carbocycles. The maximum atomic E-state index is 13.8. The topological polar surface area (TPSA) is 80.9 Å². The molecule has 1 aromatic carbocycles. The Labute approximate surface area is 117 Å². The minimum Gasteiger partial charge on any atom is -0.481 e. The Hall–Kier alpha value is -2.09. The maximum absolute atomic E-state index is 13.8. The molecule has 20 heavy (non-hydrogen) atoms. The largest absolute Gasteiger partial charge is 0.481 e. The zero-order valence-corrected chi connectivity index (χ0v) is 11.0. The van der Waals surface area contributed by atoms with Crippen LogP contribution < -0.4 is 0 Å². The molecule has 0 fully saturated rings. The lowest BCUT2D eigenvalue weighted by Gasteiger charge is -2.11. The van der Waals surface area contributed by atoms with Crippen molar-refractivity contribution in [2.75, 3.05) is 0 Å². The van der Waals surface area contributed by atoms with E-state index in [-0.39, 0.29) is 22.8 Å². The van der Waals surface area contributed by atoms with E-state index in [1.807, 2.05) is 0 Å². The number of tetrazole rings is 1. The van der Waals surface area contributed by atoms with Crippen molar-refractivity contribution in [3.8, 4) is 11.4 Å². The predicted molar refractivity (Wildman–Crippen MR) is 65.1 cm³/mol. The minimum absolute atomic E-state index is 0.0631. The van der Waals surface area contributed by atoms with Crippen LogP contribution in [0.5, 0.6) is 0 Å². The lowest BCUT2D eigenvalue weighted by Crippen LogP contribution is -2.13. The third kappa shape index (κ3) is 2.74. The van der Waals surface area contributed by atoms with Crippen LogP contribution >= 0.6 is 11.6 Å². The van der Waals surface area contributed by atoms with Gasteiger partial charge in [0.05, 0.1) is 23.0 Å². The van der Waals surface area contributed by atoms with E-state index in [9.17, 15) is 13.6 Å². The second-order valence-electron chi connectivity index (χ2n) is 4.14. The van der Waals surface area contributed by atoms with Gasteiger partial charge in [-0.25, -0.2) is 13.5 Å². The summed E-state index contributed by atoms with van der Waals surface area (Å²) in [5, 5.41) is 19.0. The van der Waals surface area contributed by atoms with Crippen LogP contribution in [-0.4, -0.2) is 31.3 Å². The molecule has 106 valence electrons. The van der Waals surface area contributed by atoms with Gasteiger partial charge in [0.15, 0.2) is 5.82 Å². The highest BCUT2D eigenvalue weighted by atomic mass is 35.5. The number of aromatic nitrogens is 4. The molecule has 1 atom stereocenters. The van der Waals surface area contributed by atoms with Gasteiger partial charge in [-0.05, 0) is 29.5 Å². The van der Waals surface area contributed by atoms with Crippen molar-refractivity contribution in [1.82, 2.24) is 20.2 Å². The predicted octanol–water partition coefficient (Wildman–Crippen LogP) is 2.31. The summed E-state index contributed by atoms with van der Waals surface area (Å²) >= 11 is 5.47. The molecular formula is C11H9ClF2N4O2. The monoisotopic (exact) mass is 302 g/mol. The van der Waals surface area contributed by atoms with Gasteiger partial charge < -0.3 is 5.11 Å². The van der Waals surface area contributed by atoms with Crippen molar-refractivity contribution < 1.29 is 18.7 Å². The zero-order chi connectivity index (χ0) is 14.9. The van der Waals surface area contributed by atoms with E-state index in [2.05, 4.69) is 15.5 Å². The molecule has 0 aliphatic carbocycles. The molecule has 0 amide bonds. The highest BCUT2D eigenvalue weighted by Crippen LogP contribution is 2.27. The first-order valence-electron chi connectivity index (χ1n) is 5.54. The zero-order valence-electron chi connectivity index (χ0n) is 10.2. The normalized spacial score (nSPS) is 12.4. The van der Waals surface area contributed by atoms with E-state index in [0.29, 0.717) is 0 Å². The van der Waals surface area contributed by atoms with Crippen LogP contribution in [0.25, 0.3) is 11.4 Å². The Morgan fingerprint density at radius 3 is 2.80 bits per heavy atom. The van der Waals surface area contributed by atoms with Crippen molar-refractivity contribution in [3.05, 3.63) is 28.8 Å². The van der Waals surface area contributed by atoms with Crippen molar-refractivity contribution in [3.63, 3.8) is 0 Å². The fourth-order valence-corrected chi connectivity index (χ4v) is 1.85. The molecular weight excluding hydrogens is 294 g/mol. The first-order valence-corrected chi connectivity index (χ1v) is 5.92. The summed E-state index contributed by atoms with van der Waals surface area (Å²) in [6.45, 7) is 1.55. The van der Waals surface area contributed by atoms with Crippen LogP contribution in [0.4, 0.5) is 8.78 Å². The molecule has 1 N–H and O–H groups in total. The van der Waals surface area contributed by atoms with E-state index in [1.165, 1.54) is 0 Å². The highest BCUT2D eigenvalue weighted by molar-refractivity contribution is 6.30. The van der Waals surface area contributed by atoms with Crippen molar-refractivity contribution in [2.45, 2.75) is 19.4 Å². The molecule has 0 bridgehead atoms. The number of hydrogen-bond acceptors (Lipinski definition) is 4. The van der Waals surface area contributed by atoms with Gasteiger partial charge in [-0.3, -0.25) is 4.79 Å². The highest BCUT2D eigenvalue weighted by Gasteiger charge is 2.21. The van der Waals surface area contributed by atoms with Crippen molar-refractivity contribution >= 4 is 17.6 Å². The van der Waals surface area contributed by atoms with Gasteiger partial charge in [0.1, 0.15) is 11.6 Å². The van der Waals surface area contributed by atoms with Crippen LogP contribution in [-0.2, 0) is 4.79 Å². The molecule has 6 nitrogen and oxygen atoms in total. The van der Waals surface area contributed by atoms with E-state index in [0.717, 1.165) is 16.8 Å². The number of benzene rings is 1. The number of carboxylic acids is 1. The second kappa shape index (κ2) is 5.49. The lowest BCUT2D eigenvalue weighted by atomic mass is 10.1. The van der Waals surface area contributed by atoms with Crippen LogP contribution in [0.1, 0.15) is 19.4 Å². The van der Waals surface area contributed by atoms with Crippen molar-refractivity contribution in [1.29, 1.82) is 0 Å². The van der Waals surface area contributed by atoms with Gasteiger partial charge in [0, 0.05) is 0 Å². The standard InChI is InChI=1S/C11H9ClF2N4O2/c1-5(2-10(19)20)18-11(15-16-17-18)6-3-9(14)7(12)4-8(6)13/h3-5H,2H2,1H3,(H,19,20). The van der Waals surface area contributed by atoms with Gasteiger partial charge in [-0.1, -0.05) is 11.6 Å². The Morgan fingerprint density at radius 1 is 1.45 bits per heavy atom. The molecule has 0 radical (unpaired) electrons. The Bertz CT molecular complexity index is 662. The van der Waals surface area contributed by atoms with Gasteiger partial charge in [-0.2, -0.15) is 0 Å². The van der Waals surface area contributed by atoms with Crippen molar-refractivity contribution in [2.24, 2.45) is 0 Å². The van der Waals surface area contributed by atoms with Crippen LogP contribution in [0.2, 0.25) is 5.02 Å². The molecule has 2 aromatic rings. The van der Waals surface area contributed by atoms with Gasteiger partial charge in [0.25, 0.3) is 0 Å². The summed E-state index contributed by atoms with van der Waals surface area (Å²) in [6.07, 6.45) is -0.254. The molecule has 0 saturated heterocycles. The first-order chi connectivity index (χ1) is 9.40. The Morgan fingerprint density at radius 2 is 2.15 bits per heavy atom. The Balaban J connectivity index is 2.47. The fraction of sp³-hybridized carbons (Fsp3) is 0.273. The smallest absolute Gasteiger partial charge is 0.305 e. The minimum atomic E-state index is -1.05. The van der Waals surface area contributed by atoms with Crippen LogP contribution in [0.15, 0.2) is 12.1 Å². The van der Waals surface area contributed by atoms with E-state index >= 15 is 0 Å². The van der Waals surface area contributed by atoms with Gasteiger partial charge in [-0.15, -0.1) is 5.10 Å². The summed E-state index contributed by atoms with van der Waals surface area (Å²) in [4.78, 5) is 10.7. The van der Waals surface area contributed by atoms with Gasteiger partial charge >= 0.3 is 5.97 Å². The average molecular weight is 303 g/mol. The van der Waals surface area contributed by atoms with Crippen LogP contribution in [0, 0.1) is 11.6 Å². The average Bonchev–Trinajstić information content (AvgIpc) is 2.81. The number of hydrogen-bond donors (Lipinski definition) is 1. The molecule has 0 spiro atoms. The quantitative estimate of drug-likeness (QED) is 0.877. The Kier molecular flexibility index (Phi) is 3.93. The summed E-state index contributed by atoms with van der Waals surface area (Å²) in [5.74, 6) is -2.73. The molecule has 2 rings (SSSR count). The molecule has 1 unspecified atom stereocenters. The first kappa shape index (κ1) is 14.3. The SMILES string of the molecule is CC(CC(=O)O)n1nnnc1-c1cc(F)c(Cl)cc1F. The number of nitrogens with zero attached hydrogens (tertiary/aromatic N) is 4. The molecule has 1 aromatic heterocycles.